The molecule has 0 bridgehead atoms. The predicted molar refractivity (Wildman–Crippen MR) is 114 cm³/mol. The van der Waals surface area contributed by atoms with Gasteiger partial charge in [0.05, 0.1) is 29.0 Å². The first-order valence-electron chi connectivity index (χ1n) is 8.91. The van der Waals surface area contributed by atoms with Gasteiger partial charge < -0.3 is 4.74 Å². The first-order valence-corrected chi connectivity index (χ1v) is 10.1. The van der Waals surface area contributed by atoms with Gasteiger partial charge in [0.25, 0.3) is 5.56 Å². The second-order valence-electron chi connectivity index (χ2n) is 6.51. The lowest BCUT2D eigenvalue weighted by Crippen LogP contribution is -2.39. The third-order valence-electron chi connectivity index (χ3n) is 4.73. The Morgan fingerprint density at radius 2 is 1.86 bits per heavy atom. The van der Waals surface area contributed by atoms with Crippen LogP contribution in [0.4, 0.5) is 0 Å². The van der Waals surface area contributed by atoms with Gasteiger partial charge in [-0.15, -0.1) is 0 Å². The fraction of sp³-hybridized carbons (Fsp3) is 0.136. The van der Waals surface area contributed by atoms with Gasteiger partial charge in [0.2, 0.25) is 0 Å². The van der Waals surface area contributed by atoms with Gasteiger partial charge in [-0.25, -0.2) is 9.79 Å². The molecule has 0 saturated carbocycles. The van der Waals surface area contributed by atoms with Gasteiger partial charge in [0.15, 0.2) is 4.80 Å². The van der Waals surface area contributed by atoms with Crippen molar-refractivity contribution < 1.29 is 9.53 Å². The lowest BCUT2D eigenvalue weighted by atomic mass is 9.96. The van der Waals surface area contributed by atoms with Gasteiger partial charge in [0.1, 0.15) is 0 Å². The highest BCUT2D eigenvalue weighted by Gasteiger charge is 2.32. The van der Waals surface area contributed by atoms with E-state index in [0.717, 1.165) is 11.1 Å². The zero-order chi connectivity index (χ0) is 20.5. The molecule has 3 aromatic rings. The molecule has 0 N–H and O–H groups in total. The van der Waals surface area contributed by atoms with E-state index < -0.39 is 12.0 Å². The Kier molecular flexibility index (Phi) is 5.22. The molecule has 1 unspecified atom stereocenters. The average Bonchev–Trinajstić information content (AvgIpc) is 3.03. The number of methoxy groups -OCH3 is 1. The lowest BCUT2D eigenvalue weighted by molar-refractivity contribution is -0.136. The number of hydrogen-bond donors (Lipinski definition) is 0. The van der Waals surface area contributed by atoms with E-state index in [1.165, 1.54) is 18.4 Å². The van der Waals surface area contributed by atoms with Crippen molar-refractivity contribution in [3.63, 3.8) is 0 Å². The molecule has 7 heteroatoms. The van der Waals surface area contributed by atoms with Crippen LogP contribution in [0.15, 0.2) is 75.7 Å². The Hall–Kier alpha value is -2.96. The molecule has 0 fully saturated rings. The molecule has 0 radical (unpaired) electrons. The van der Waals surface area contributed by atoms with Crippen LogP contribution in [-0.4, -0.2) is 17.6 Å². The third-order valence-corrected chi connectivity index (χ3v) is 6.06. The Labute approximate surface area is 175 Å². The minimum atomic E-state index is -0.603. The van der Waals surface area contributed by atoms with Crippen LogP contribution < -0.4 is 14.9 Å². The molecule has 2 aromatic carbocycles. The monoisotopic (exact) mass is 424 g/mol. The maximum Gasteiger partial charge on any atom is 0.338 e. The number of ether oxygens (including phenoxy) is 1. The number of thiazole rings is 1. The number of hydrogen-bond acceptors (Lipinski definition) is 5. The summed E-state index contributed by atoms with van der Waals surface area (Å²) in [5.41, 5.74) is 2.23. The quantitative estimate of drug-likeness (QED) is 0.607. The zero-order valence-electron chi connectivity index (χ0n) is 15.8. The largest absolute Gasteiger partial charge is 0.466 e. The normalized spacial score (nSPS) is 16.4. The summed E-state index contributed by atoms with van der Waals surface area (Å²) in [5, 5.41) is 0.560. The van der Waals surface area contributed by atoms with Crippen molar-refractivity contribution in [3.8, 4) is 0 Å². The molecular formula is C22H17ClN2O3S. The highest BCUT2D eigenvalue weighted by molar-refractivity contribution is 7.07. The maximum atomic E-state index is 13.3. The predicted octanol–water partition coefficient (Wildman–Crippen LogP) is 3.06. The van der Waals surface area contributed by atoms with Gasteiger partial charge in [0, 0.05) is 5.02 Å². The van der Waals surface area contributed by atoms with E-state index in [-0.39, 0.29) is 5.56 Å². The number of aromatic nitrogens is 1. The number of esters is 1. The van der Waals surface area contributed by atoms with E-state index >= 15 is 0 Å². The van der Waals surface area contributed by atoms with Crippen molar-refractivity contribution in [3.05, 3.63) is 102 Å². The molecule has 4 rings (SSSR count). The number of fused-ring (bicyclic) bond motifs is 1. The molecule has 0 amide bonds. The summed E-state index contributed by atoms with van der Waals surface area (Å²) in [7, 11) is 1.33. The van der Waals surface area contributed by atoms with Crippen LogP contribution in [0.25, 0.3) is 6.08 Å². The Bertz CT molecular complexity index is 1310. The van der Waals surface area contributed by atoms with Crippen molar-refractivity contribution in [1.29, 1.82) is 0 Å². The van der Waals surface area contributed by atoms with Crippen LogP contribution in [0.1, 0.15) is 24.1 Å². The number of rotatable bonds is 3. The van der Waals surface area contributed by atoms with Crippen molar-refractivity contribution in [2.45, 2.75) is 13.0 Å². The SMILES string of the molecule is COC(=O)C1=C(C)N=c2sc(=Cc3ccccc3Cl)c(=O)n2C1c1ccccc1. The Morgan fingerprint density at radius 1 is 1.17 bits per heavy atom. The molecule has 1 aliphatic heterocycles. The van der Waals surface area contributed by atoms with E-state index in [9.17, 15) is 9.59 Å². The summed E-state index contributed by atoms with van der Waals surface area (Å²) in [5.74, 6) is -0.500. The van der Waals surface area contributed by atoms with Crippen LogP contribution in [0.3, 0.4) is 0 Å². The van der Waals surface area contributed by atoms with E-state index in [2.05, 4.69) is 4.99 Å². The number of halogens is 1. The topological polar surface area (TPSA) is 60.7 Å². The van der Waals surface area contributed by atoms with Gasteiger partial charge in [-0.1, -0.05) is 71.5 Å². The van der Waals surface area contributed by atoms with E-state index in [1.54, 1.807) is 23.6 Å². The maximum absolute atomic E-state index is 13.3. The summed E-state index contributed by atoms with van der Waals surface area (Å²) in [6, 6.07) is 16.1. The number of carbonyl (C=O) groups is 1. The van der Waals surface area contributed by atoms with Crippen LogP contribution in [0.2, 0.25) is 5.02 Å². The van der Waals surface area contributed by atoms with Crippen LogP contribution in [0, 0.1) is 0 Å². The van der Waals surface area contributed by atoms with Crippen LogP contribution in [-0.2, 0) is 9.53 Å². The minimum absolute atomic E-state index is 0.226. The molecule has 0 spiro atoms. The number of carbonyl (C=O) groups excluding carboxylic acids is 1. The second-order valence-corrected chi connectivity index (χ2v) is 7.92. The van der Waals surface area contributed by atoms with Gasteiger partial charge in [-0.2, -0.15) is 0 Å². The number of allylic oxidation sites excluding steroid dienone is 1. The van der Waals surface area contributed by atoms with E-state index in [1.807, 2.05) is 48.5 Å². The van der Waals surface area contributed by atoms with Crippen molar-refractivity contribution in [1.82, 2.24) is 4.57 Å². The lowest BCUT2D eigenvalue weighted by Gasteiger charge is -2.24. The fourth-order valence-electron chi connectivity index (χ4n) is 3.38. The standard InChI is InChI=1S/C22H17ClN2O3S/c1-13-18(21(27)28-2)19(14-8-4-3-5-9-14)25-20(26)17(29-22(25)24-13)12-15-10-6-7-11-16(15)23/h3-12,19H,1-2H3. The molecule has 5 nitrogen and oxygen atoms in total. The fourth-order valence-corrected chi connectivity index (χ4v) is 4.60. The molecule has 29 heavy (non-hydrogen) atoms. The summed E-state index contributed by atoms with van der Waals surface area (Å²) >= 11 is 7.53. The second kappa shape index (κ2) is 7.81. The van der Waals surface area contributed by atoms with Crippen molar-refractivity contribution in [2.75, 3.05) is 7.11 Å². The summed E-state index contributed by atoms with van der Waals surface area (Å²) in [6.07, 6.45) is 1.76. The van der Waals surface area contributed by atoms with Crippen LogP contribution >= 0.6 is 22.9 Å². The van der Waals surface area contributed by atoms with Gasteiger partial charge >= 0.3 is 5.97 Å². The summed E-state index contributed by atoms with van der Waals surface area (Å²) < 4.78 is 7.05. The van der Waals surface area contributed by atoms with Gasteiger partial charge in [-0.3, -0.25) is 9.36 Å². The molecule has 0 saturated heterocycles. The number of benzene rings is 2. The van der Waals surface area contributed by atoms with Gasteiger partial charge in [-0.05, 0) is 30.2 Å². The van der Waals surface area contributed by atoms with Crippen molar-refractivity contribution in [2.24, 2.45) is 4.99 Å². The van der Waals surface area contributed by atoms with E-state index in [4.69, 9.17) is 16.3 Å². The van der Waals surface area contributed by atoms with E-state index in [0.29, 0.717) is 25.6 Å². The molecule has 2 heterocycles. The van der Waals surface area contributed by atoms with Crippen LogP contribution in [0.5, 0.6) is 0 Å². The third kappa shape index (κ3) is 3.45. The highest BCUT2D eigenvalue weighted by Crippen LogP contribution is 2.30. The minimum Gasteiger partial charge on any atom is -0.466 e. The first kappa shape index (κ1) is 19.4. The molecule has 1 aliphatic rings. The zero-order valence-corrected chi connectivity index (χ0v) is 17.3. The molecular weight excluding hydrogens is 408 g/mol. The Morgan fingerprint density at radius 3 is 2.55 bits per heavy atom. The Balaban J connectivity index is 2.00. The molecule has 146 valence electrons. The molecule has 0 aliphatic carbocycles. The summed E-state index contributed by atoms with van der Waals surface area (Å²) in [6.45, 7) is 1.76. The highest BCUT2D eigenvalue weighted by atomic mass is 35.5. The number of nitrogens with zero attached hydrogens (tertiary/aromatic N) is 2. The summed E-state index contributed by atoms with van der Waals surface area (Å²) in [4.78, 5) is 30.9. The average molecular weight is 425 g/mol. The smallest absolute Gasteiger partial charge is 0.338 e. The molecule has 1 atom stereocenters. The van der Waals surface area contributed by atoms with Crippen molar-refractivity contribution >= 4 is 35.0 Å². The first-order chi connectivity index (χ1) is 14.0. The molecule has 1 aromatic heterocycles.